The van der Waals surface area contributed by atoms with E-state index in [0.717, 1.165) is 29.8 Å². The summed E-state index contributed by atoms with van der Waals surface area (Å²) >= 11 is 1.57. The van der Waals surface area contributed by atoms with E-state index in [-0.39, 0.29) is 66.6 Å². The van der Waals surface area contributed by atoms with Gasteiger partial charge < -0.3 is 25.0 Å². The number of likely N-dealkylation sites (tertiary alicyclic amines) is 1. The molecule has 1 aliphatic rings. The molecular weight excluding hydrogens is 689 g/mol. The third-order valence-corrected chi connectivity index (χ3v) is 12.7. The molecule has 3 rings (SSSR count). The molecule has 2 heterocycles. The molecule has 0 radical (unpaired) electrons. The maximum atomic E-state index is 14.3. The van der Waals surface area contributed by atoms with E-state index >= 15 is 0 Å². The van der Waals surface area contributed by atoms with Crippen molar-refractivity contribution < 1.29 is 28.7 Å². The van der Waals surface area contributed by atoms with Crippen LogP contribution in [0.5, 0.6) is 0 Å². The molecule has 1 aromatic heterocycles. The van der Waals surface area contributed by atoms with Crippen LogP contribution in [0.4, 0.5) is 0 Å². The van der Waals surface area contributed by atoms with Crippen molar-refractivity contribution in [3.63, 3.8) is 0 Å². The SMILES string of the molecule is CCC(C)C(C(CC(=O)N1CCCC1C(OC)C(C)C(=O)CC(Cc1ccccc1)c1nccs1)OC)N(C)C(=O)C(CC(=O)C(C)(C)CN)C(C)C. The number of Topliss-reactive ketones (excluding diaryl/α,β-unsaturated/α-hetero) is 2. The Kier molecular flexibility index (Phi) is 17.3. The van der Waals surface area contributed by atoms with E-state index in [1.54, 1.807) is 43.7 Å². The van der Waals surface area contributed by atoms with Crippen LogP contribution < -0.4 is 5.73 Å². The first-order chi connectivity index (χ1) is 25.1. The largest absolute Gasteiger partial charge is 0.379 e. The Morgan fingerprint density at radius 2 is 1.72 bits per heavy atom. The molecule has 0 saturated carbocycles. The van der Waals surface area contributed by atoms with Gasteiger partial charge >= 0.3 is 0 Å². The number of benzene rings is 1. The molecule has 2 aromatic rings. The zero-order chi connectivity index (χ0) is 39.5. The summed E-state index contributed by atoms with van der Waals surface area (Å²) in [5.41, 5.74) is 6.33. The molecule has 1 aromatic carbocycles. The molecule has 0 bridgehead atoms. The molecule has 1 saturated heterocycles. The van der Waals surface area contributed by atoms with Crippen molar-refractivity contribution in [1.82, 2.24) is 14.8 Å². The number of aromatic nitrogens is 1. The Balaban J connectivity index is 1.78. The topological polar surface area (TPSA) is 132 Å². The first-order valence-electron chi connectivity index (χ1n) is 19.4. The summed E-state index contributed by atoms with van der Waals surface area (Å²) in [6.07, 6.45) is 4.28. The Bertz CT molecular complexity index is 1450. The fourth-order valence-corrected chi connectivity index (χ4v) is 8.55. The number of hydrogen-bond acceptors (Lipinski definition) is 9. The quantitative estimate of drug-likeness (QED) is 0.143. The first kappa shape index (κ1) is 44.4. The van der Waals surface area contributed by atoms with Crippen LogP contribution in [0.25, 0.3) is 0 Å². The van der Waals surface area contributed by atoms with Crippen LogP contribution in [0.15, 0.2) is 41.9 Å². The highest BCUT2D eigenvalue weighted by Gasteiger charge is 2.43. The summed E-state index contributed by atoms with van der Waals surface area (Å²) in [4.78, 5) is 63.8. The highest BCUT2D eigenvalue weighted by Crippen LogP contribution is 2.34. The Hall–Kier alpha value is -2.99. The zero-order valence-corrected chi connectivity index (χ0v) is 34.7. The molecule has 8 unspecified atom stereocenters. The predicted octanol–water partition coefficient (Wildman–Crippen LogP) is 6.57. The first-order valence-corrected chi connectivity index (χ1v) is 20.3. The molecule has 1 aliphatic heterocycles. The molecular formula is C42H66N4O6S. The minimum absolute atomic E-state index is 0.0195. The molecule has 1 fully saturated rings. The van der Waals surface area contributed by atoms with Gasteiger partial charge in [-0.3, -0.25) is 19.2 Å². The van der Waals surface area contributed by atoms with E-state index in [1.165, 1.54) is 0 Å². The number of carbonyl (C=O) groups is 4. The second-order valence-corrected chi connectivity index (χ2v) is 17.0. The van der Waals surface area contributed by atoms with Gasteiger partial charge in [0.25, 0.3) is 0 Å². The van der Waals surface area contributed by atoms with Crippen LogP contribution in [0.3, 0.4) is 0 Å². The molecule has 2 N–H and O–H groups in total. The van der Waals surface area contributed by atoms with Crippen LogP contribution in [0.1, 0.15) is 103 Å². The number of nitrogens with two attached hydrogens (primary N) is 1. The lowest BCUT2D eigenvalue weighted by molar-refractivity contribution is -0.149. The van der Waals surface area contributed by atoms with Crippen molar-refractivity contribution in [3.8, 4) is 0 Å². The molecule has 2 amide bonds. The summed E-state index contributed by atoms with van der Waals surface area (Å²) in [6, 6.07) is 9.51. The maximum Gasteiger partial charge on any atom is 0.226 e. The van der Waals surface area contributed by atoms with Gasteiger partial charge in [-0.15, -0.1) is 11.3 Å². The number of carbonyl (C=O) groups excluding carboxylic acids is 4. The lowest BCUT2D eigenvalue weighted by atomic mass is 9.79. The molecule has 0 aliphatic carbocycles. The highest BCUT2D eigenvalue weighted by molar-refractivity contribution is 7.09. The third kappa shape index (κ3) is 11.5. The van der Waals surface area contributed by atoms with Crippen molar-refractivity contribution in [2.75, 3.05) is 34.4 Å². The van der Waals surface area contributed by atoms with Crippen LogP contribution in [-0.4, -0.2) is 96.8 Å². The van der Waals surface area contributed by atoms with E-state index in [4.69, 9.17) is 15.2 Å². The van der Waals surface area contributed by atoms with E-state index in [2.05, 4.69) is 31.0 Å². The highest BCUT2D eigenvalue weighted by atomic mass is 32.1. The van der Waals surface area contributed by atoms with Crippen LogP contribution in [0, 0.1) is 29.1 Å². The average molecular weight is 755 g/mol. The van der Waals surface area contributed by atoms with Gasteiger partial charge in [-0.05, 0) is 36.7 Å². The van der Waals surface area contributed by atoms with Crippen molar-refractivity contribution in [3.05, 3.63) is 52.5 Å². The number of likely N-dealkylation sites (N-methyl/N-ethyl adjacent to an activating group) is 1. The molecule has 0 spiro atoms. The smallest absolute Gasteiger partial charge is 0.226 e. The van der Waals surface area contributed by atoms with Crippen LogP contribution >= 0.6 is 11.3 Å². The molecule has 8 atom stereocenters. The normalized spacial score (nSPS) is 18.9. The van der Waals surface area contributed by atoms with Gasteiger partial charge in [0.15, 0.2) is 0 Å². The predicted molar refractivity (Wildman–Crippen MR) is 212 cm³/mol. The molecule has 11 heteroatoms. The number of ether oxygens (including phenoxy) is 2. The monoisotopic (exact) mass is 754 g/mol. The van der Waals surface area contributed by atoms with Crippen molar-refractivity contribution >= 4 is 34.7 Å². The maximum absolute atomic E-state index is 14.3. The second kappa shape index (κ2) is 20.6. The fourth-order valence-electron chi connectivity index (χ4n) is 7.81. The minimum atomic E-state index is -0.719. The number of ketones is 2. The number of rotatable bonds is 22. The Morgan fingerprint density at radius 1 is 1.04 bits per heavy atom. The number of nitrogens with zero attached hydrogens (tertiary/aromatic N) is 3. The van der Waals surface area contributed by atoms with Gasteiger partial charge in [-0.25, -0.2) is 4.98 Å². The average Bonchev–Trinajstić information content (AvgIpc) is 3.87. The van der Waals surface area contributed by atoms with E-state index in [0.29, 0.717) is 19.4 Å². The van der Waals surface area contributed by atoms with Gasteiger partial charge in [0.1, 0.15) is 11.6 Å². The van der Waals surface area contributed by atoms with Gasteiger partial charge in [0.2, 0.25) is 11.8 Å². The standard InChI is InChI=1S/C42H66N4O6S/c1-11-28(4)38(45(8)41(50)32(27(2)3)24-36(48)42(6,7)26-43)35(51-9)25-37(49)46-20-15-18-33(46)39(52-10)29(5)34(47)23-31(40-44-19-21-53-40)22-30-16-13-12-14-17-30/h12-14,16-17,19,21,27-29,31-33,35,38-39H,11,15,18,20,22-26,43H2,1-10H3. The Labute approximate surface area is 322 Å². The van der Waals surface area contributed by atoms with Gasteiger partial charge in [0, 0.05) is 81.9 Å². The second-order valence-electron chi connectivity index (χ2n) is 16.1. The number of amides is 2. The van der Waals surface area contributed by atoms with E-state index in [9.17, 15) is 19.2 Å². The summed E-state index contributed by atoms with van der Waals surface area (Å²) < 4.78 is 12.1. The Morgan fingerprint density at radius 3 is 2.26 bits per heavy atom. The number of hydrogen-bond donors (Lipinski definition) is 1. The van der Waals surface area contributed by atoms with Gasteiger partial charge in [-0.1, -0.05) is 85.2 Å². The van der Waals surface area contributed by atoms with Crippen LogP contribution in [-0.2, 0) is 35.1 Å². The van der Waals surface area contributed by atoms with Crippen molar-refractivity contribution in [2.45, 2.75) is 124 Å². The fraction of sp³-hybridized carbons (Fsp3) is 0.690. The van der Waals surface area contributed by atoms with Gasteiger partial charge in [-0.2, -0.15) is 0 Å². The van der Waals surface area contributed by atoms with E-state index < -0.39 is 35.5 Å². The molecule has 53 heavy (non-hydrogen) atoms. The molecule has 10 nitrogen and oxygen atoms in total. The number of thiazole rings is 1. The van der Waals surface area contributed by atoms with Crippen molar-refractivity contribution in [2.24, 2.45) is 34.8 Å². The van der Waals surface area contributed by atoms with Crippen LogP contribution in [0.2, 0.25) is 0 Å². The van der Waals surface area contributed by atoms with E-state index in [1.807, 2.05) is 63.1 Å². The summed E-state index contributed by atoms with van der Waals surface area (Å²) in [5.74, 6) is -1.22. The summed E-state index contributed by atoms with van der Waals surface area (Å²) in [7, 11) is 4.99. The zero-order valence-electron chi connectivity index (χ0n) is 33.9. The lowest BCUT2D eigenvalue weighted by Gasteiger charge is -2.41. The van der Waals surface area contributed by atoms with Gasteiger partial charge in [0.05, 0.1) is 35.7 Å². The summed E-state index contributed by atoms with van der Waals surface area (Å²) in [5, 5.41) is 2.89. The summed E-state index contributed by atoms with van der Waals surface area (Å²) in [6.45, 7) is 14.4. The van der Waals surface area contributed by atoms with Crippen molar-refractivity contribution in [1.29, 1.82) is 0 Å². The number of methoxy groups -OCH3 is 2. The molecule has 296 valence electrons. The minimum Gasteiger partial charge on any atom is -0.379 e. The lowest BCUT2D eigenvalue weighted by Crippen LogP contribution is -2.54. The third-order valence-electron chi connectivity index (χ3n) is 11.7.